The summed E-state index contributed by atoms with van der Waals surface area (Å²) >= 11 is 1.29. The normalized spacial score (nSPS) is 11.9. The van der Waals surface area contributed by atoms with Gasteiger partial charge in [-0.05, 0) is 37.6 Å². The van der Waals surface area contributed by atoms with Crippen molar-refractivity contribution in [2.45, 2.75) is 13.0 Å². The second kappa shape index (κ2) is 7.05. The summed E-state index contributed by atoms with van der Waals surface area (Å²) in [5, 5.41) is 10.8. The summed E-state index contributed by atoms with van der Waals surface area (Å²) in [5.41, 5.74) is 0.447. The van der Waals surface area contributed by atoms with Gasteiger partial charge in [0.1, 0.15) is 5.00 Å². The first-order valence-corrected chi connectivity index (χ1v) is 7.37. The van der Waals surface area contributed by atoms with E-state index in [-0.39, 0.29) is 23.6 Å². The van der Waals surface area contributed by atoms with E-state index in [2.05, 4.69) is 16.0 Å². The number of likely N-dealkylation sites (N-methyl/N-ethyl adjacent to an activating group) is 1. The molecule has 3 N–H and O–H groups in total. The molecule has 0 aromatic carbocycles. The Labute approximate surface area is 126 Å². The Kier molecular flexibility index (Phi) is 5.13. The molecule has 2 rings (SSSR count). The van der Waals surface area contributed by atoms with Crippen molar-refractivity contribution in [2.24, 2.45) is 0 Å². The molecule has 2 aromatic heterocycles. The van der Waals surface area contributed by atoms with Gasteiger partial charge in [-0.1, -0.05) is 0 Å². The highest BCUT2D eigenvalue weighted by Gasteiger charge is 2.17. The van der Waals surface area contributed by atoms with Crippen LogP contribution in [0.4, 0.5) is 5.00 Å². The topological polar surface area (TPSA) is 83.4 Å². The Balaban J connectivity index is 2.01. The number of nitrogens with one attached hydrogen (secondary N) is 3. The van der Waals surface area contributed by atoms with Crippen molar-refractivity contribution in [3.05, 3.63) is 41.2 Å². The minimum Gasteiger partial charge on any atom is -0.459 e. The zero-order chi connectivity index (χ0) is 15.2. The van der Waals surface area contributed by atoms with Crippen molar-refractivity contribution in [1.82, 2.24) is 10.6 Å². The number of anilines is 1. The number of hydrogen-bond acceptors (Lipinski definition) is 5. The molecule has 2 amide bonds. The van der Waals surface area contributed by atoms with Crippen LogP contribution in [0, 0.1) is 0 Å². The SMILES string of the molecule is CNC(C)CNC(=O)c1ccsc1NC(=O)c1ccco1. The molecule has 0 saturated heterocycles. The minimum atomic E-state index is -0.375. The quantitative estimate of drug-likeness (QED) is 0.761. The number of furan rings is 1. The lowest BCUT2D eigenvalue weighted by Crippen LogP contribution is -2.37. The summed E-state index contributed by atoms with van der Waals surface area (Å²) in [5.74, 6) is -0.383. The number of hydrogen-bond donors (Lipinski definition) is 3. The summed E-state index contributed by atoms with van der Waals surface area (Å²) in [6.45, 7) is 2.48. The molecule has 0 aliphatic rings. The van der Waals surface area contributed by atoms with E-state index >= 15 is 0 Å². The number of rotatable bonds is 6. The molecule has 0 fully saturated rings. The summed E-state index contributed by atoms with van der Waals surface area (Å²) < 4.78 is 5.02. The molecule has 0 radical (unpaired) electrons. The fourth-order valence-electron chi connectivity index (χ4n) is 1.60. The summed E-state index contributed by atoms with van der Waals surface area (Å²) in [6.07, 6.45) is 1.43. The monoisotopic (exact) mass is 307 g/mol. The van der Waals surface area contributed by atoms with Gasteiger partial charge in [0.05, 0.1) is 11.8 Å². The molecule has 6 nitrogen and oxygen atoms in total. The van der Waals surface area contributed by atoms with Gasteiger partial charge < -0.3 is 20.4 Å². The van der Waals surface area contributed by atoms with Crippen LogP contribution in [0.3, 0.4) is 0 Å². The van der Waals surface area contributed by atoms with E-state index in [4.69, 9.17) is 4.42 Å². The fourth-order valence-corrected chi connectivity index (χ4v) is 2.38. The van der Waals surface area contributed by atoms with Gasteiger partial charge in [-0.3, -0.25) is 9.59 Å². The molecular weight excluding hydrogens is 290 g/mol. The molecule has 0 bridgehead atoms. The third-order valence-electron chi connectivity index (χ3n) is 2.94. The second-order valence-electron chi connectivity index (χ2n) is 4.49. The van der Waals surface area contributed by atoms with Crippen LogP contribution in [-0.4, -0.2) is 31.4 Å². The van der Waals surface area contributed by atoms with E-state index in [1.54, 1.807) is 23.6 Å². The van der Waals surface area contributed by atoms with Crippen LogP contribution in [-0.2, 0) is 0 Å². The third kappa shape index (κ3) is 3.93. The molecule has 2 aromatic rings. The molecule has 0 aliphatic carbocycles. The Morgan fingerprint density at radius 2 is 2.14 bits per heavy atom. The first kappa shape index (κ1) is 15.3. The summed E-state index contributed by atoms with van der Waals surface area (Å²) in [6, 6.07) is 5.06. The van der Waals surface area contributed by atoms with Gasteiger partial charge in [-0.15, -0.1) is 11.3 Å². The molecule has 0 aliphatic heterocycles. The number of carbonyl (C=O) groups is 2. The lowest BCUT2D eigenvalue weighted by Gasteiger charge is -2.11. The number of amides is 2. The predicted molar refractivity (Wildman–Crippen MR) is 81.8 cm³/mol. The van der Waals surface area contributed by atoms with E-state index < -0.39 is 0 Å². The maximum atomic E-state index is 12.1. The van der Waals surface area contributed by atoms with Crippen molar-refractivity contribution < 1.29 is 14.0 Å². The third-order valence-corrected chi connectivity index (χ3v) is 3.77. The molecule has 1 atom stereocenters. The van der Waals surface area contributed by atoms with Crippen molar-refractivity contribution >= 4 is 28.2 Å². The van der Waals surface area contributed by atoms with Crippen LogP contribution >= 0.6 is 11.3 Å². The first-order valence-electron chi connectivity index (χ1n) is 6.49. The molecule has 7 heteroatoms. The van der Waals surface area contributed by atoms with E-state index in [1.165, 1.54) is 17.6 Å². The molecule has 21 heavy (non-hydrogen) atoms. The molecular formula is C14H17N3O3S. The highest BCUT2D eigenvalue weighted by Crippen LogP contribution is 2.23. The van der Waals surface area contributed by atoms with Crippen LogP contribution in [0.25, 0.3) is 0 Å². The van der Waals surface area contributed by atoms with Crippen molar-refractivity contribution in [3.63, 3.8) is 0 Å². The Morgan fingerprint density at radius 1 is 1.33 bits per heavy atom. The molecule has 0 saturated carbocycles. The van der Waals surface area contributed by atoms with E-state index in [9.17, 15) is 9.59 Å². The second-order valence-corrected chi connectivity index (χ2v) is 5.41. The average molecular weight is 307 g/mol. The van der Waals surface area contributed by atoms with Crippen molar-refractivity contribution in [2.75, 3.05) is 18.9 Å². The van der Waals surface area contributed by atoms with Crippen LogP contribution in [0.15, 0.2) is 34.3 Å². The zero-order valence-electron chi connectivity index (χ0n) is 11.8. The molecule has 112 valence electrons. The standard InChI is InChI=1S/C14H17N3O3S/c1-9(15-2)8-16-12(18)10-5-7-21-14(10)17-13(19)11-4-3-6-20-11/h3-7,9,15H,8H2,1-2H3,(H,16,18)(H,17,19). The van der Waals surface area contributed by atoms with Gasteiger partial charge in [0, 0.05) is 12.6 Å². The highest BCUT2D eigenvalue weighted by atomic mass is 32.1. The predicted octanol–water partition coefficient (Wildman–Crippen LogP) is 1.93. The van der Waals surface area contributed by atoms with Crippen molar-refractivity contribution in [1.29, 1.82) is 0 Å². The van der Waals surface area contributed by atoms with Crippen LogP contribution in [0.2, 0.25) is 0 Å². The van der Waals surface area contributed by atoms with E-state index in [0.29, 0.717) is 17.1 Å². The smallest absolute Gasteiger partial charge is 0.291 e. The van der Waals surface area contributed by atoms with Gasteiger partial charge in [-0.2, -0.15) is 0 Å². The van der Waals surface area contributed by atoms with E-state index in [0.717, 1.165) is 0 Å². The lowest BCUT2D eigenvalue weighted by atomic mass is 10.2. The minimum absolute atomic E-state index is 0.175. The first-order chi connectivity index (χ1) is 10.1. The van der Waals surface area contributed by atoms with E-state index in [1.807, 2.05) is 14.0 Å². The molecule has 2 heterocycles. The van der Waals surface area contributed by atoms with Gasteiger partial charge in [0.15, 0.2) is 5.76 Å². The van der Waals surface area contributed by atoms with Crippen LogP contribution in [0.1, 0.15) is 27.8 Å². The van der Waals surface area contributed by atoms with Crippen LogP contribution < -0.4 is 16.0 Å². The van der Waals surface area contributed by atoms with Gasteiger partial charge >= 0.3 is 0 Å². The Hall–Kier alpha value is -2.12. The zero-order valence-corrected chi connectivity index (χ0v) is 12.6. The van der Waals surface area contributed by atoms with Crippen molar-refractivity contribution in [3.8, 4) is 0 Å². The summed E-state index contributed by atoms with van der Waals surface area (Å²) in [7, 11) is 1.83. The highest BCUT2D eigenvalue weighted by molar-refractivity contribution is 7.14. The number of carbonyl (C=O) groups excluding carboxylic acids is 2. The Morgan fingerprint density at radius 3 is 2.81 bits per heavy atom. The fraction of sp³-hybridized carbons (Fsp3) is 0.286. The molecule has 0 spiro atoms. The van der Waals surface area contributed by atoms with Gasteiger partial charge in [0.2, 0.25) is 0 Å². The largest absolute Gasteiger partial charge is 0.459 e. The average Bonchev–Trinajstić information content (AvgIpc) is 3.15. The maximum Gasteiger partial charge on any atom is 0.291 e. The van der Waals surface area contributed by atoms with Gasteiger partial charge in [0.25, 0.3) is 11.8 Å². The number of thiophene rings is 1. The molecule has 1 unspecified atom stereocenters. The lowest BCUT2D eigenvalue weighted by molar-refractivity contribution is 0.0952. The van der Waals surface area contributed by atoms with Crippen LogP contribution in [0.5, 0.6) is 0 Å². The van der Waals surface area contributed by atoms with Gasteiger partial charge in [-0.25, -0.2) is 0 Å². The maximum absolute atomic E-state index is 12.1. The summed E-state index contributed by atoms with van der Waals surface area (Å²) in [4.78, 5) is 24.0. The Bertz CT molecular complexity index is 607.